The molecule has 1 N–H and O–H groups in total. The zero-order valence-corrected chi connectivity index (χ0v) is 17.4. The van der Waals surface area contributed by atoms with Gasteiger partial charge in [-0.2, -0.15) is 0 Å². The van der Waals surface area contributed by atoms with Crippen LogP contribution in [0.2, 0.25) is 0 Å². The van der Waals surface area contributed by atoms with Gasteiger partial charge in [0, 0.05) is 36.7 Å². The summed E-state index contributed by atoms with van der Waals surface area (Å²) in [6.45, 7) is 3.41. The van der Waals surface area contributed by atoms with Crippen LogP contribution in [-0.4, -0.2) is 29.5 Å². The minimum Gasteiger partial charge on any atom is -0.361 e. The first kappa shape index (κ1) is 18.9. The lowest BCUT2D eigenvalue weighted by atomic mass is 9.88. The van der Waals surface area contributed by atoms with Crippen molar-refractivity contribution in [1.82, 2.24) is 9.88 Å². The molecular formula is C28H28N2. The van der Waals surface area contributed by atoms with E-state index >= 15 is 0 Å². The van der Waals surface area contributed by atoms with E-state index in [-0.39, 0.29) is 0 Å². The Balaban J connectivity index is 1.31. The molecule has 2 heteroatoms. The zero-order chi connectivity index (χ0) is 20.2. The van der Waals surface area contributed by atoms with Gasteiger partial charge in [0.2, 0.25) is 0 Å². The number of piperidine rings is 1. The first-order chi connectivity index (χ1) is 14.9. The van der Waals surface area contributed by atoms with Crippen LogP contribution >= 0.6 is 0 Å². The van der Waals surface area contributed by atoms with Crippen LogP contribution in [0.15, 0.2) is 96.7 Å². The number of aromatic nitrogens is 1. The third-order valence-electron chi connectivity index (χ3n) is 6.31. The summed E-state index contributed by atoms with van der Waals surface area (Å²) in [5.74, 6) is 0. The molecule has 2 nitrogen and oxygen atoms in total. The SMILES string of the molecule is c1ccc(C(=C2CCN(CCc3c[nH]c4ccccc34)CC2)c2ccccc2)cc1. The fourth-order valence-electron chi connectivity index (χ4n) is 4.70. The smallest absolute Gasteiger partial charge is 0.0456 e. The molecular weight excluding hydrogens is 364 g/mol. The predicted octanol–water partition coefficient (Wildman–Crippen LogP) is 6.31. The van der Waals surface area contributed by atoms with Gasteiger partial charge < -0.3 is 9.88 Å². The standard InChI is InChI=1S/C28H28N2/c1-3-9-22(10-4-1)28(23-11-5-2-6-12-23)24-15-18-30(19-16-24)20-17-25-21-29-27-14-8-7-13-26(25)27/h1-14,21,29H,15-20H2. The van der Waals surface area contributed by atoms with E-state index in [0.29, 0.717) is 0 Å². The number of nitrogens with one attached hydrogen (secondary N) is 1. The average molecular weight is 393 g/mol. The number of aromatic amines is 1. The van der Waals surface area contributed by atoms with Crippen LogP contribution in [0.5, 0.6) is 0 Å². The van der Waals surface area contributed by atoms with Crippen molar-refractivity contribution in [2.45, 2.75) is 19.3 Å². The van der Waals surface area contributed by atoms with E-state index in [1.54, 1.807) is 5.57 Å². The molecule has 0 amide bonds. The molecule has 1 aliphatic heterocycles. The fraction of sp³-hybridized carbons (Fsp3) is 0.214. The molecule has 0 saturated carbocycles. The third kappa shape index (κ3) is 3.96. The van der Waals surface area contributed by atoms with Crippen LogP contribution in [0.4, 0.5) is 0 Å². The second-order valence-corrected chi connectivity index (χ2v) is 8.16. The third-order valence-corrected chi connectivity index (χ3v) is 6.31. The molecule has 1 fully saturated rings. The average Bonchev–Trinajstić information content (AvgIpc) is 3.23. The van der Waals surface area contributed by atoms with Crippen molar-refractivity contribution >= 4 is 16.5 Å². The molecule has 0 aliphatic carbocycles. The number of hydrogen-bond acceptors (Lipinski definition) is 1. The fourth-order valence-corrected chi connectivity index (χ4v) is 4.70. The second kappa shape index (κ2) is 8.73. The highest BCUT2D eigenvalue weighted by Gasteiger charge is 2.19. The van der Waals surface area contributed by atoms with Gasteiger partial charge in [0.1, 0.15) is 0 Å². The number of hydrogen-bond donors (Lipinski definition) is 1. The van der Waals surface area contributed by atoms with Gasteiger partial charge in [-0.3, -0.25) is 0 Å². The summed E-state index contributed by atoms with van der Waals surface area (Å²) in [6, 6.07) is 30.4. The maximum atomic E-state index is 3.41. The van der Waals surface area contributed by atoms with Crippen LogP contribution < -0.4 is 0 Å². The highest BCUT2D eigenvalue weighted by Crippen LogP contribution is 2.32. The molecule has 150 valence electrons. The number of likely N-dealkylation sites (tertiary alicyclic amines) is 1. The van der Waals surface area contributed by atoms with Gasteiger partial charge in [-0.15, -0.1) is 0 Å². The summed E-state index contributed by atoms with van der Waals surface area (Å²) in [5.41, 5.74) is 8.38. The summed E-state index contributed by atoms with van der Waals surface area (Å²) >= 11 is 0. The maximum Gasteiger partial charge on any atom is 0.0456 e. The Hall–Kier alpha value is -3.10. The number of para-hydroxylation sites is 1. The van der Waals surface area contributed by atoms with Crippen molar-refractivity contribution in [3.63, 3.8) is 0 Å². The lowest BCUT2D eigenvalue weighted by Crippen LogP contribution is -2.32. The summed E-state index contributed by atoms with van der Waals surface area (Å²) in [6.07, 6.45) is 5.58. The van der Waals surface area contributed by atoms with Gasteiger partial charge in [0.25, 0.3) is 0 Å². The van der Waals surface area contributed by atoms with E-state index < -0.39 is 0 Å². The zero-order valence-electron chi connectivity index (χ0n) is 17.4. The van der Waals surface area contributed by atoms with E-state index in [0.717, 1.165) is 38.9 Å². The monoisotopic (exact) mass is 392 g/mol. The van der Waals surface area contributed by atoms with Crippen LogP contribution in [0.1, 0.15) is 29.5 Å². The van der Waals surface area contributed by atoms with Gasteiger partial charge in [-0.05, 0) is 47.6 Å². The first-order valence-corrected chi connectivity index (χ1v) is 11.0. The molecule has 0 spiro atoms. The van der Waals surface area contributed by atoms with E-state index in [2.05, 4.69) is 101 Å². The van der Waals surface area contributed by atoms with E-state index in [9.17, 15) is 0 Å². The lowest BCUT2D eigenvalue weighted by molar-refractivity contribution is 0.260. The Labute approximate surface area is 178 Å². The summed E-state index contributed by atoms with van der Waals surface area (Å²) in [7, 11) is 0. The topological polar surface area (TPSA) is 19.0 Å². The van der Waals surface area contributed by atoms with Gasteiger partial charge in [-0.25, -0.2) is 0 Å². The molecule has 5 rings (SSSR count). The molecule has 0 bridgehead atoms. The van der Waals surface area contributed by atoms with Gasteiger partial charge in [0.15, 0.2) is 0 Å². The molecule has 4 aromatic rings. The van der Waals surface area contributed by atoms with Crippen molar-refractivity contribution in [3.05, 3.63) is 113 Å². The Morgan fingerprint density at radius 3 is 2.00 bits per heavy atom. The van der Waals surface area contributed by atoms with Crippen LogP contribution in [-0.2, 0) is 6.42 Å². The molecule has 3 aromatic carbocycles. The van der Waals surface area contributed by atoms with Crippen molar-refractivity contribution < 1.29 is 0 Å². The normalized spacial score (nSPS) is 14.9. The number of fused-ring (bicyclic) bond motifs is 1. The maximum absolute atomic E-state index is 3.41. The molecule has 30 heavy (non-hydrogen) atoms. The van der Waals surface area contributed by atoms with E-state index in [1.807, 2.05) is 0 Å². The largest absolute Gasteiger partial charge is 0.361 e. The van der Waals surface area contributed by atoms with E-state index in [4.69, 9.17) is 0 Å². The Morgan fingerprint density at radius 1 is 0.733 bits per heavy atom. The Kier molecular flexibility index (Phi) is 5.50. The molecule has 1 saturated heterocycles. The second-order valence-electron chi connectivity index (χ2n) is 8.16. The van der Waals surface area contributed by atoms with Crippen molar-refractivity contribution in [2.75, 3.05) is 19.6 Å². The van der Waals surface area contributed by atoms with Crippen molar-refractivity contribution in [3.8, 4) is 0 Å². The number of benzene rings is 3. The quantitative estimate of drug-likeness (QED) is 0.422. The minimum atomic E-state index is 1.10. The van der Waals surface area contributed by atoms with Crippen LogP contribution in [0, 0.1) is 0 Å². The number of H-pyrrole nitrogens is 1. The highest BCUT2D eigenvalue weighted by molar-refractivity contribution is 5.83. The number of rotatable bonds is 5. The molecule has 2 heterocycles. The van der Waals surface area contributed by atoms with Gasteiger partial charge >= 0.3 is 0 Å². The highest BCUT2D eigenvalue weighted by atomic mass is 15.1. The van der Waals surface area contributed by atoms with Crippen LogP contribution in [0.3, 0.4) is 0 Å². The molecule has 0 radical (unpaired) electrons. The molecule has 1 aliphatic rings. The van der Waals surface area contributed by atoms with Crippen molar-refractivity contribution in [2.24, 2.45) is 0 Å². The number of nitrogens with zero attached hydrogens (tertiary/aromatic N) is 1. The lowest BCUT2D eigenvalue weighted by Gasteiger charge is -2.30. The van der Waals surface area contributed by atoms with Gasteiger partial charge in [-0.1, -0.05) is 84.4 Å². The predicted molar refractivity (Wildman–Crippen MR) is 127 cm³/mol. The van der Waals surface area contributed by atoms with E-state index in [1.165, 1.54) is 33.2 Å². The van der Waals surface area contributed by atoms with Crippen molar-refractivity contribution in [1.29, 1.82) is 0 Å². The molecule has 1 aromatic heterocycles. The molecule has 0 atom stereocenters. The molecule has 0 unspecified atom stereocenters. The van der Waals surface area contributed by atoms with Crippen LogP contribution in [0.25, 0.3) is 16.5 Å². The summed E-state index contributed by atoms with van der Waals surface area (Å²) in [5, 5.41) is 1.37. The Morgan fingerprint density at radius 2 is 1.33 bits per heavy atom. The Bertz CT molecular complexity index is 1090. The summed E-state index contributed by atoms with van der Waals surface area (Å²) in [4.78, 5) is 6.03. The van der Waals surface area contributed by atoms with Gasteiger partial charge in [0.05, 0.1) is 0 Å². The summed E-state index contributed by atoms with van der Waals surface area (Å²) < 4.78 is 0. The first-order valence-electron chi connectivity index (χ1n) is 11.0. The minimum absolute atomic E-state index is 1.10.